The maximum absolute atomic E-state index is 12.3. The SMILES string of the molecule is Cn1c(=O)oc2ccc(-c3ccc(C[C@@H](C#N)NC(=O)C4CNCCN4)cc3)cc21. The summed E-state index contributed by atoms with van der Waals surface area (Å²) in [4.78, 5) is 24.0. The van der Waals surface area contributed by atoms with Crippen molar-refractivity contribution in [3.63, 3.8) is 0 Å². The average Bonchev–Trinajstić information content (AvgIpc) is 3.07. The van der Waals surface area contributed by atoms with Gasteiger partial charge in [0.25, 0.3) is 0 Å². The van der Waals surface area contributed by atoms with Crippen LogP contribution in [0.25, 0.3) is 22.2 Å². The van der Waals surface area contributed by atoms with Gasteiger partial charge in [-0.1, -0.05) is 30.3 Å². The molecule has 154 valence electrons. The van der Waals surface area contributed by atoms with E-state index in [-0.39, 0.29) is 17.7 Å². The van der Waals surface area contributed by atoms with E-state index in [2.05, 4.69) is 22.0 Å². The van der Waals surface area contributed by atoms with E-state index >= 15 is 0 Å². The highest BCUT2D eigenvalue weighted by molar-refractivity contribution is 5.83. The summed E-state index contributed by atoms with van der Waals surface area (Å²) in [6.07, 6.45) is 0.429. The number of carbonyl (C=O) groups excluding carboxylic acids is 1. The Morgan fingerprint density at radius 1 is 1.27 bits per heavy atom. The number of fused-ring (bicyclic) bond motifs is 1. The molecule has 2 aromatic carbocycles. The van der Waals surface area contributed by atoms with Gasteiger partial charge in [0, 0.05) is 33.1 Å². The van der Waals surface area contributed by atoms with E-state index in [0.29, 0.717) is 18.5 Å². The largest absolute Gasteiger partial charge is 0.419 e. The summed E-state index contributed by atoms with van der Waals surface area (Å²) in [6, 6.07) is 14.7. The molecule has 3 N–H and O–H groups in total. The Kier molecular flexibility index (Phi) is 5.65. The molecule has 1 unspecified atom stereocenters. The second kappa shape index (κ2) is 8.53. The molecule has 0 saturated carbocycles. The van der Waals surface area contributed by atoms with Gasteiger partial charge in [0.05, 0.1) is 17.6 Å². The second-order valence-corrected chi connectivity index (χ2v) is 7.41. The highest BCUT2D eigenvalue weighted by Gasteiger charge is 2.22. The van der Waals surface area contributed by atoms with Crippen LogP contribution in [-0.4, -0.2) is 42.2 Å². The number of benzene rings is 2. The van der Waals surface area contributed by atoms with Crippen molar-refractivity contribution in [2.75, 3.05) is 19.6 Å². The minimum absolute atomic E-state index is 0.163. The predicted octanol–water partition coefficient (Wildman–Crippen LogP) is 0.911. The first-order chi connectivity index (χ1) is 14.5. The van der Waals surface area contributed by atoms with Gasteiger partial charge >= 0.3 is 5.76 Å². The number of nitrogens with one attached hydrogen (secondary N) is 3. The van der Waals surface area contributed by atoms with Crippen molar-refractivity contribution in [2.24, 2.45) is 7.05 Å². The monoisotopic (exact) mass is 405 g/mol. The Bertz CT molecular complexity index is 1150. The second-order valence-electron chi connectivity index (χ2n) is 7.41. The molecule has 0 radical (unpaired) electrons. The molecule has 8 nitrogen and oxygen atoms in total. The highest BCUT2D eigenvalue weighted by Crippen LogP contribution is 2.24. The molecule has 1 saturated heterocycles. The van der Waals surface area contributed by atoms with Crippen LogP contribution >= 0.6 is 0 Å². The van der Waals surface area contributed by atoms with Crippen molar-refractivity contribution in [1.29, 1.82) is 5.26 Å². The Hall–Kier alpha value is -3.41. The van der Waals surface area contributed by atoms with E-state index in [9.17, 15) is 14.9 Å². The van der Waals surface area contributed by atoms with Crippen LogP contribution < -0.4 is 21.7 Å². The van der Waals surface area contributed by atoms with Gasteiger partial charge in [-0.3, -0.25) is 9.36 Å². The van der Waals surface area contributed by atoms with Crippen LogP contribution in [-0.2, 0) is 18.3 Å². The lowest BCUT2D eigenvalue weighted by molar-refractivity contribution is -0.123. The molecule has 1 aliphatic rings. The summed E-state index contributed by atoms with van der Waals surface area (Å²) in [7, 11) is 1.68. The summed E-state index contributed by atoms with van der Waals surface area (Å²) < 4.78 is 6.65. The zero-order valence-electron chi connectivity index (χ0n) is 16.6. The molecule has 1 fully saturated rings. The summed E-state index contributed by atoms with van der Waals surface area (Å²) in [5.74, 6) is -0.550. The lowest BCUT2D eigenvalue weighted by atomic mass is 10.0. The fourth-order valence-electron chi connectivity index (χ4n) is 3.62. The maximum atomic E-state index is 12.3. The molecule has 8 heteroatoms. The van der Waals surface area contributed by atoms with E-state index in [0.717, 1.165) is 35.3 Å². The van der Waals surface area contributed by atoms with Gasteiger partial charge in [0.15, 0.2) is 5.58 Å². The first-order valence-electron chi connectivity index (χ1n) is 9.88. The van der Waals surface area contributed by atoms with E-state index < -0.39 is 6.04 Å². The molecule has 2 atom stereocenters. The minimum atomic E-state index is -0.594. The van der Waals surface area contributed by atoms with E-state index in [1.807, 2.05) is 36.4 Å². The summed E-state index contributed by atoms with van der Waals surface area (Å²) in [6.45, 7) is 2.13. The number of oxazole rings is 1. The van der Waals surface area contributed by atoms with Crippen LogP contribution in [0, 0.1) is 11.3 Å². The van der Waals surface area contributed by atoms with Crippen LogP contribution in [0.2, 0.25) is 0 Å². The molecule has 30 heavy (non-hydrogen) atoms. The summed E-state index contributed by atoms with van der Waals surface area (Å²) >= 11 is 0. The van der Waals surface area contributed by atoms with Crippen molar-refractivity contribution >= 4 is 17.0 Å². The van der Waals surface area contributed by atoms with Crippen molar-refractivity contribution in [2.45, 2.75) is 18.5 Å². The first kappa shape index (κ1) is 19.9. The molecule has 0 aliphatic carbocycles. The minimum Gasteiger partial charge on any atom is -0.408 e. The lowest BCUT2D eigenvalue weighted by Gasteiger charge is -2.24. The first-order valence-corrected chi connectivity index (χ1v) is 9.88. The molecule has 2 heterocycles. The Balaban J connectivity index is 1.45. The topological polar surface area (TPSA) is 112 Å². The third kappa shape index (κ3) is 4.13. The summed E-state index contributed by atoms with van der Waals surface area (Å²) in [5.41, 5.74) is 4.20. The van der Waals surface area contributed by atoms with Gasteiger partial charge in [-0.05, 0) is 28.8 Å². The average molecular weight is 405 g/mol. The van der Waals surface area contributed by atoms with Crippen LogP contribution in [0.15, 0.2) is 51.7 Å². The fourth-order valence-corrected chi connectivity index (χ4v) is 3.62. The molecule has 0 bridgehead atoms. The molecular formula is C22H23N5O3. The van der Waals surface area contributed by atoms with Gasteiger partial charge in [-0.25, -0.2) is 4.79 Å². The number of nitriles is 1. The number of piperazine rings is 1. The number of carbonyl (C=O) groups is 1. The third-order valence-electron chi connectivity index (χ3n) is 5.35. The van der Waals surface area contributed by atoms with E-state index in [1.54, 1.807) is 13.1 Å². The molecule has 4 rings (SSSR count). The number of nitrogens with zero attached hydrogens (tertiary/aromatic N) is 2. The van der Waals surface area contributed by atoms with Crippen molar-refractivity contribution in [3.05, 3.63) is 58.6 Å². The Morgan fingerprint density at radius 2 is 2.03 bits per heavy atom. The van der Waals surface area contributed by atoms with Gasteiger partial charge in [-0.15, -0.1) is 0 Å². The normalized spacial score (nSPS) is 17.4. The molecule has 1 amide bonds. The number of hydrogen-bond donors (Lipinski definition) is 3. The third-order valence-corrected chi connectivity index (χ3v) is 5.35. The molecule has 3 aromatic rings. The Morgan fingerprint density at radius 3 is 2.73 bits per heavy atom. The van der Waals surface area contributed by atoms with Crippen LogP contribution in [0.4, 0.5) is 0 Å². The lowest BCUT2D eigenvalue weighted by Crippen LogP contribution is -2.57. The van der Waals surface area contributed by atoms with Crippen molar-refractivity contribution in [1.82, 2.24) is 20.5 Å². The molecular weight excluding hydrogens is 382 g/mol. The van der Waals surface area contributed by atoms with E-state index in [1.165, 1.54) is 4.57 Å². The number of aryl methyl sites for hydroxylation is 1. The quantitative estimate of drug-likeness (QED) is 0.582. The molecule has 0 spiro atoms. The molecule has 1 aromatic heterocycles. The Labute approximate surface area is 173 Å². The highest BCUT2D eigenvalue weighted by atomic mass is 16.4. The van der Waals surface area contributed by atoms with Crippen molar-refractivity contribution < 1.29 is 9.21 Å². The smallest absolute Gasteiger partial charge is 0.408 e. The zero-order chi connectivity index (χ0) is 21.1. The fraction of sp³-hybridized carbons (Fsp3) is 0.318. The van der Waals surface area contributed by atoms with Crippen molar-refractivity contribution in [3.8, 4) is 17.2 Å². The number of rotatable bonds is 5. The molecule has 1 aliphatic heterocycles. The van der Waals surface area contributed by atoms with Gasteiger partial charge in [-0.2, -0.15) is 5.26 Å². The summed E-state index contributed by atoms with van der Waals surface area (Å²) in [5, 5.41) is 18.6. The van der Waals surface area contributed by atoms with Gasteiger partial charge in [0.1, 0.15) is 6.04 Å². The van der Waals surface area contributed by atoms with Crippen LogP contribution in [0.3, 0.4) is 0 Å². The zero-order valence-corrected chi connectivity index (χ0v) is 16.6. The van der Waals surface area contributed by atoms with Gasteiger partial charge < -0.3 is 20.4 Å². The maximum Gasteiger partial charge on any atom is 0.419 e. The number of aromatic nitrogens is 1. The van der Waals surface area contributed by atoms with E-state index in [4.69, 9.17) is 4.42 Å². The number of hydrogen-bond acceptors (Lipinski definition) is 6. The predicted molar refractivity (Wildman–Crippen MR) is 113 cm³/mol. The standard InChI is InChI=1S/C22H23N5O3/c1-27-19-11-16(6-7-20(19)30-22(27)29)15-4-2-14(3-5-15)10-17(12-23)26-21(28)18-13-24-8-9-25-18/h2-7,11,17-18,24-25H,8-10,13H2,1H3,(H,26,28)/t17-,18?/m0/s1. The van der Waals surface area contributed by atoms with Crippen LogP contribution in [0.5, 0.6) is 0 Å². The number of amides is 1. The van der Waals surface area contributed by atoms with Crippen LogP contribution in [0.1, 0.15) is 5.56 Å². The van der Waals surface area contributed by atoms with Gasteiger partial charge in [0.2, 0.25) is 5.91 Å².